The molecule has 3 nitrogen and oxygen atoms in total. The Balaban J connectivity index is 1.82. The Morgan fingerprint density at radius 2 is 1.94 bits per heavy atom. The van der Waals surface area contributed by atoms with Crippen LogP contribution in [0.3, 0.4) is 0 Å². The van der Waals surface area contributed by atoms with E-state index in [1.807, 2.05) is 49.5 Å². The van der Waals surface area contributed by atoms with Crippen LogP contribution in [0, 0.1) is 0 Å². The summed E-state index contributed by atoms with van der Waals surface area (Å²) in [7, 11) is 1.83. The Labute approximate surface area is 107 Å². The highest BCUT2D eigenvalue weighted by Gasteiger charge is 2.09. The highest BCUT2D eigenvalue weighted by molar-refractivity contribution is 5.76. The molecule has 1 aromatic heterocycles. The van der Waals surface area contributed by atoms with Gasteiger partial charge in [-0.25, -0.2) is 0 Å². The third kappa shape index (κ3) is 3.48. The molecule has 2 rings (SSSR count). The fourth-order valence-corrected chi connectivity index (χ4v) is 1.82. The Bertz CT molecular complexity index is 476. The Kier molecular flexibility index (Phi) is 4.18. The summed E-state index contributed by atoms with van der Waals surface area (Å²) >= 11 is 0. The minimum Gasteiger partial charge on any atom is -0.469 e. The van der Waals surface area contributed by atoms with E-state index in [1.165, 1.54) is 0 Å². The van der Waals surface area contributed by atoms with Crippen molar-refractivity contribution in [3.63, 3.8) is 0 Å². The third-order valence-electron chi connectivity index (χ3n) is 2.85. The van der Waals surface area contributed by atoms with Gasteiger partial charge in [-0.15, -0.1) is 0 Å². The van der Waals surface area contributed by atoms with Crippen molar-refractivity contribution in [3.8, 4) is 0 Å². The predicted molar refractivity (Wildman–Crippen MR) is 69.9 cm³/mol. The van der Waals surface area contributed by atoms with E-state index in [0.29, 0.717) is 19.4 Å². The summed E-state index contributed by atoms with van der Waals surface area (Å²) in [4.78, 5) is 13.7. The Morgan fingerprint density at radius 3 is 2.61 bits per heavy atom. The van der Waals surface area contributed by atoms with Gasteiger partial charge < -0.3 is 9.32 Å². The van der Waals surface area contributed by atoms with Crippen molar-refractivity contribution in [3.05, 3.63) is 60.1 Å². The molecule has 0 saturated carbocycles. The van der Waals surface area contributed by atoms with Crippen LogP contribution in [0.5, 0.6) is 0 Å². The molecule has 0 unspecified atom stereocenters. The molecule has 0 bridgehead atoms. The fraction of sp³-hybridized carbons (Fsp3) is 0.267. The molecule has 0 aliphatic rings. The van der Waals surface area contributed by atoms with Gasteiger partial charge in [0.05, 0.1) is 6.26 Å². The van der Waals surface area contributed by atoms with Crippen molar-refractivity contribution in [2.45, 2.75) is 19.4 Å². The molecule has 94 valence electrons. The Hall–Kier alpha value is -2.03. The number of nitrogens with zero attached hydrogens (tertiary/aromatic N) is 1. The van der Waals surface area contributed by atoms with Crippen molar-refractivity contribution in [2.75, 3.05) is 7.05 Å². The SMILES string of the molecule is CN(Cc1ccccc1)C(=O)CCc1ccco1. The number of benzene rings is 1. The lowest BCUT2D eigenvalue weighted by molar-refractivity contribution is -0.130. The summed E-state index contributed by atoms with van der Waals surface area (Å²) in [6.45, 7) is 0.651. The molecular formula is C15H17NO2. The molecule has 1 heterocycles. The van der Waals surface area contributed by atoms with E-state index in [4.69, 9.17) is 4.42 Å². The molecule has 0 atom stereocenters. The first-order valence-corrected chi connectivity index (χ1v) is 6.06. The molecule has 0 radical (unpaired) electrons. The van der Waals surface area contributed by atoms with E-state index in [-0.39, 0.29) is 5.91 Å². The average molecular weight is 243 g/mol. The average Bonchev–Trinajstić information content (AvgIpc) is 2.90. The lowest BCUT2D eigenvalue weighted by Crippen LogP contribution is -2.26. The summed E-state index contributed by atoms with van der Waals surface area (Å²) in [6, 6.07) is 13.7. The summed E-state index contributed by atoms with van der Waals surface area (Å²) < 4.78 is 5.21. The number of hydrogen-bond acceptors (Lipinski definition) is 2. The van der Waals surface area contributed by atoms with Crippen LogP contribution < -0.4 is 0 Å². The first-order valence-electron chi connectivity index (χ1n) is 6.06. The summed E-state index contributed by atoms with van der Waals surface area (Å²) in [6.07, 6.45) is 2.77. The van der Waals surface area contributed by atoms with Crippen molar-refractivity contribution in [2.24, 2.45) is 0 Å². The van der Waals surface area contributed by atoms with Crippen LogP contribution >= 0.6 is 0 Å². The lowest BCUT2D eigenvalue weighted by Gasteiger charge is -2.16. The molecule has 18 heavy (non-hydrogen) atoms. The first kappa shape index (κ1) is 12.4. The van der Waals surface area contributed by atoms with E-state index in [0.717, 1.165) is 11.3 Å². The maximum Gasteiger partial charge on any atom is 0.223 e. The monoisotopic (exact) mass is 243 g/mol. The number of carbonyl (C=O) groups is 1. The summed E-state index contributed by atoms with van der Waals surface area (Å²) in [5.41, 5.74) is 1.14. The number of furan rings is 1. The highest BCUT2D eigenvalue weighted by Crippen LogP contribution is 2.07. The maximum absolute atomic E-state index is 11.9. The second-order valence-corrected chi connectivity index (χ2v) is 4.31. The van der Waals surface area contributed by atoms with E-state index in [2.05, 4.69) is 0 Å². The number of hydrogen-bond donors (Lipinski definition) is 0. The summed E-state index contributed by atoms with van der Waals surface area (Å²) in [5.74, 6) is 0.992. The van der Waals surface area contributed by atoms with E-state index < -0.39 is 0 Å². The van der Waals surface area contributed by atoms with Crippen LogP contribution in [0.4, 0.5) is 0 Å². The van der Waals surface area contributed by atoms with Crippen LogP contribution in [0.25, 0.3) is 0 Å². The van der Waals surface area contributed by atoms with Crippen LogP contribution in [-0.2, 0) is 17.8 Å². The third-order valence-corrected chi connectivity index (χ3v) is 2.85. The van der Waals surface area contributed by atoms with Crippen LogP contribution in [-0.4, -0.2) is 17.9 Å². The molecule has 1 amide bonds. The van der Waals surface area contributed by atoms with Crippen molar-refractivity contribution < 1.29 is 9.21 Å². The zero-order chi connectivity index (χ0) is 12.8. The minimum atomic E-state index is 0.134. The normalized spacial score (nSPS) is 10.3. The van der Waals surface area contributed by atoms with Gasteiger partial charge >= 0.3 is 0 Å². The standard InChI is InChI=1S/C15H17NO2/c1-16(12-13-6-3-2-4-7-13)15(17)10-9-14-8-5-11-18-14/h2-8,11H,9-10,12H2,1H3. The first-order chi connectivity index (χ1) is 8.75. The van der Waals surface area contributed by atoms with Crippen LogP contribution in [0.2, 0.25) is 0 Å². The number of carbonyl (C=O) groups excluding carboxylic acids is 1. The van der Waals surface area contributed by atoms with E-state index in [1.54, 1.807) is 11.2 Å². The smallest absolute Gasteiger partial charge is 0.223 e. The number of rotatable bonds is 5. The van der Waals surface area contributed by atoms with Gasteiger partial charge in [-0.3, -0.25) is 4.79 Å². The fourth-order valence-electron chi connectivity index (χ4n) is 1.82. The van der Waals surface area contributed by atoms with Gasteiger partial charge in [-0.1, -0.05) is 30.3 Å². The topological polar surface area (TPSA) is 33.5 Å². The quantitative estimate of drug-likeness (QED) is 0.809. The second kappa shape index (κ2) is 6.05. The molecule has 0 aliphatic carbocycles. The molecule has 0 aliphatic heterocycles. The minimum absolute atomic E-state index is 0.134. The molecular weight excluding hydrogens is 226 g/mol. The molecule has 0 fully saturated rings. The van der Waals surface area contributed by atoms with Gasteiger partial charge in [-0.2, -0.15) is 0 Å². The number of aryl methyl sites for hydroxylation is 1. The highest BCUT2D eigenvalue weighted by atomic mass is 16.3. The van der Waals surface area contributed by atoms with Crippen LogP contribution in [0.15, 0.2) is 53.1 Å². The second-order valence-electron chi connectivity index (χ2n) is 4.31. The molecule has 3 heteroatoms. The van der Waals surface area contributed by atoms with Gasteiger partial charge in [0.25, 0.3) is 0 Å². The van der Waals surface area contributed by atoms with Crippen molar-refractivity contribution >= 4 is 5.91 Å². The zero-order valence-corrected chi connectivity index (χ0v) is 10.5. The van der Waals surface area contributed by atoms with E-state index in [9.17, 15) is 4.79 Å². The van der Waals surface area contributed by atoms with Gasteiger partial charge in [-0.05, 0) is 17.7 Å². The maximum atomic E-state index is 11.9. The van der Waals surface area contributed by atoms with E-state index >= 15 is 0 Å². The molecule has 0 N–H and O–H groups in total. The van der Waals surface area contributed by atoms with Crippen molar-refractivity contribution in [1.29, 1.82) is 0 Å². The number of amides is 1. The van der Waals surface area contributed by atoms with Gasteiger partial charge in [0, 0.05) is 26.4 Å². The van der Waals surface area contributed by atoms with Crippen molar-refractivity contribution in [1.82, 2.24) is 4.90 Å². The summed E-state index contributed by atoms with van der Waals surface area (Å²) in [5, 5.41) is 0. The Morgan fingerprint density at radius 1 is 1.17 bits per heavy atom. The predicted octanol–water partition coefficient (Wildman–Crippen LogP) is 2.87. The van der Waals surface area contributed by atoms with Gasteiger partial charge in [0.1, 0.15) is 5.76 Å². The largest absolute Gasteiger partial charge is 0.469 e. The molecule has 1 aromatic carbocycles. The van der Waals surface area contributed by atoms with Gasteiger partial charge in [0.15, 0.2) is 0 Å². The van der Waals surface area contributed by atoms with Crippen LogP contribution in [0.1, 0.15) is 17.7 Å². The van der Waals surface area contributed by atoms with Gasteiger partial charge in [0.2, 0.25) is 5.91 Å². The molecule has 0 saturated heterocycles. The molecule has 0 spiro atoms. The zero-order valence-electron chi connectivity index (χ0n) is 10.5. The lowest BCUT2D eigenvalue weighted by atomic mass is 10.2. The molecule has 2 aromatic rings.